The quantitative estimate of drug-likeness (QED) is 0.679. The first-order valence-corrected chi connectivity index (χ1v) is 7.11. The lowest BCUT2D eigenvalue weighted by atomic mass is 9.97. The van der Waals surface area contributed by atoms with E-state index in [1.165, 1.54) is 0 Å². The summed E-state index contributed by atoms with van der Waals surface area (Å²) < 4.78 is 1.67. The van der Waals surface area contributed by atoms with Crippen molar-refractivity contribution in [1.82, 2.24) is 9.78 Å². The predicted molar refractivity (Wildman–Crippen MR) is 80.7 cm³/mol. The van der Waals surface area contributed by atoms with Gasteiger partial charge in [0.05, 0.1) is 4.92 Å². The highest BCUT2D eigenvalue weighted by Gasteiger charge is 2.25. The molecule has 0 unspecified atom stereocenters. The summed E-state index contributed by atoms with van der Waals surface area (Å²) in [5.41, 5.74) is 10.6. The molecule has 0 bridgehead atoms. The van der Waals surface area contributed by atoms with Crippen LogP contribution in [0, 0.1) is 24.0 Å². The van der Waals surface area contributed by atoms with Crippen LogP contribution in [0.1, 0.15) is 35.2 Å². The minimum Gasteiger partial charge on any atom is -0.382 e. The van der Waals surface area contributed by atoms with E-state index >= 15 is 0 Å². The molecule has 6 heteroatoms. The zero-order chi connectivity index (χ0) is 15.1. The summed E-state index contributed by atoms with van der Waals surface area (Å²) in [4.78, 5) is 11.0. The Bertz CT molecular complexity index is 734. The number of aryl methyl sites for hydroxylation is 2. The third-order valence-corrected chi connectivity index (χ3v) is 4.23. The van der Waals surface area contributed by atoms with Gasteiger partial charge in [-0.05, 0) is 56.7 Å². The molecule has 0 radical (unpaired) electrons. The summed E-state index contributed by atoms with van der Waals surface area (Å²) in [7, 11) is 0. The normalized spacial score (nSPS) is 14.0. The smallest absolute Gasteiger partial charge is 0.295 e. The van der Waals surface area contributed by atoms with Crippen LogP contribution in [0.3, 0.4) is 0 Å². The maximum Gasteiger partial charge on any atom is 0.295 e. The Labute approximate surface area is 122 Å². The molecule has 0 saturated carbocycles. The molecular weight excluding hydrogens is 268 g/mol. The van der Waals surface area contributed by atoms with E-state index in [9.17, 15) is 10.1 Å². The summed E-state index contributed by atoms with van der Waals surface area (Å²) in [6.45, 7) is 3.82. The Kier molecular flexibility index (Phi) is 3.16. The molecule has 1 aromatic carbocycles. The second-order valence-corrected chi connectivity index (χ2v) is 5.61. The van der Waals surface area contributed by atoms with E-state index in [0.29, 0.717) is 11.5 Å². The zero-order valence-corrected chi connectivity index (χ0v) is 12.2. The molecule has 21 heavy (non-hydrogen) atoms. The Morgan fingerprint density at radius 3 is 2.62 bits per heavy atom. The summed E-state index contributed by atoms with van der Waals surface area (Å²) >= 11 is 0. The van der Waals surface area contributed by atoms with Crippen LogP contribution in [0.4, 0.5) is 11.5 Å². The number of rotatable bonds is 2. The minimum atomic E-state index is -0.352. The fourth-order valence-electron chi connectivity index (χ4n) is 2.93. The van der Waals surface area contributed by atoms with E-state index < -0.39 is 0 Å². The van der Waals surface area contributed by atoms with Gasteiger partial charge in [0.2, 0.25) is 0 Å². The molecule has 6 nitrogen and oxygen atoms in total. The Balaban J connectivity index is 2.26. The van der Waals surface area contributed by atoms with Crippen molar-refractivity contribution in [3.05, 3.63) is 44.6 Å². The highest BCUT2D eigenvalue weighted by atomic mass is 16.6. The molecule has 1 aliphatic rings. The fraction of sp³-hybridized carbons (Fsp3) is 0.400. The molecule has 0 aliphatic heterocycles. The molecule has 0 spiro atoms. The van der Waals surface area contributed by atoms with E-state index in [2.05, 4.69) is 5.10 Å². The van der Waals surface area contributed by atoms with Crippen molar-refractivity contribution >= 4 is 11.5 Å². The maximum atomic E-state index is 11.4. The lowest BCUT2D eigenvalue weighted by molar-refractivity contribution is -0.384. The number of hydrogen-bond donors (Lipinski definition) is 1. The SMILES string of the molecule is Cc1cc(-n2nc(N)c3c2CCCC3)c([N+](=O)[O-])cc1C. The summed E-state index contributed by atoms with van der Waals surface area (Å²) in [5, 5.41) is 15.7. The number of fused-ring (bicyclic) bond motifs is 1. The van der Waals surface area contributed by atoms with Crippen LogP contribution in [0.25, 0.3) is 5.69 Å². The van der Waals surface area contributed by atoms with Crippen molar-refractivity contribution < 1.29 is 4.92 Å². The minimum absolute atomic E-state index is 0.0778. The van der Waals surface area contributed by atoms with Crippen molar-refractivity contribution in [2.45, 2.75) is 39.5 Å². The number of benzene rings is 1. The zero-order valence-electron chi connectivity index (χ0n) is 12.2. The number of anilines is 1. The summed E-state index contributed by atoms with van der Waals surface area (Å²) in [6, 6.07) is 3.44. The second kappa shape index (κ2) is 4.87. The highest BCUT2D eigenvalue weighted by molar-refractivity contribution is 5.59. The van der Waals surface area contributed by atoms with Crippen LogP contribution in [0.2, 0.25) is 0 Å². The lowest BCUT2D eigenvalue weighted by Crippen LogP contribution is -2.10. The van der Waals surface area contributed by atoms with Gasteiger partial charge in [-0.15, -0.1) is 5.10 Å². The van der Waals surface area contributed by atoms with Crippen LogP contribution in [0.5, 0.6) is 0 Å². The second-order valence-electron chi connectivity index (χ2n) is 5.61. The van der Waals surface area contributed by atoms with Gasteiger partial charge in [-0.3, -0.25) is 10.1 Å². The number of nitro groups is 1. The topological polar surface area (TPSA) is 87.0 Å². The number of nitrogens with zero attached hydrogens (tertiary/aromatic N) is 3. The van der Waals surface area contributed by atoms with Gasteiger partial charge < -0.3 is 5.73 Å². The van der Waals surface area contributed by atoms with E-state index in [1.54, 1.807) is 10.7 Å². The predicted octanol–water partition coefficient (Wildman–Crippen LogP) is 2.86. The third-order valence-electron chi connectivity index (χ3n) is 4.23. The molecule has 1 heterocycles. The Hall–Kier alpha value is -2.37. The molecule has 0 atom stereocenters. The van der Waals surface area contributed by atoms with Gasteiger partial charge in [-0.1, -0.05) is 0 Å². The van der Waals surface area contributed by atoms with Gasteiger partial charge in [0, 0.05) is 17.3 Å². The van der Waals surface area contributed by atoms with Crippen molar-refractivity contribution in [2.24, 2.45) is 0 Å². The molecule has 110 valence electrons. The molecule has 2 N–H and O–H groups in total. The van der Waals surface area contributed by atoms with Crippen LogP contribution in [-0.4, -0.2) is 14.7 Å². The molecule has 1 aliphatic carbocycles. The fourth-order valence-corrected chi connectivity index (χ4v) is 2.93. The van der Waals surface area contributed by atoms with Gasteiger partial charge in [0.1, 0.15) is 11.5 Å². The van der Waals surface area contributed by atoms with Crippen molar-refractivity contribution in [2.75, 3.05) is 5.73 Å². The highest BCUT2D eigenvalue weighted by Crippen LogP contribution is 2.32. The molecular formula is C15H18N4O2. The molecule has 0 amide bonds. The summed E-state index contributed by atoms with van der Waals surface area (Å²) in [6.07, 6.45) is 3.93. The average Bonchev–Trinajstić information content (AvgIpc) is 2.79. The first kappa shape index (κ1) is 13.6. The van der Waals surface area contributed by atoms with Gasteiger partial charge in [0.25, 0.3) is 5.69 Å². The number of hydrogen-bond acceptors (Lipinski definition) is 4. The first-order chi connectivity index (χ1) is 9.99. The van der Waals surface area contributed by atoms with Gasteiger partial charge >= 0.3 is 0 Å². The lowest BCUT2D eigenvalue weighted by Gasteiger charge is -2.14. The average molecular weight is 286 g/mol. The third kappa shape index (κ3) is 2.16. The maximum absolute atomic E-state index is 11.4. The van der Waals surface area contributed by atoms with Gasteiger partial charge in [-0.25, -0.2) is 4.68 Å². The molecule has 1 aromatic heterocycles. The standard InChI is InChI=1S/C15H18N4O2/c1-9-7-13(14(19(20)21)8-10(9)2)18-12-6-4-3-5-11(12)15(16)17-18/h7-8H,3-6H2,1-2H3,(H2,16,17). The Morgan fingerprint density at radius 2 is 1.90 bits per heavy atom. The number of aromatic nitrogens is 2. The van der Waals surface area contributed by atoms with E-state index in [4.69, 9.17) is 5.73 Å². The van der Waals surface area contributed by atoms with Crippen LogP contribution < -0.4 is 5.73 Å². The first-order valence-electron chi connectivity index (χ1n) is 7.11. The van der Waals surface area contributed by atoms with E-state index in [0.717, 1.165) is 48.1 Å². The molecule has 0 saturated heterocycles. The monoisotopic (exact) mass is 286 g/mol. The van der Waals surface area contributed by atoms with Crippen molar-refractivity contribution in [1.29, 1.82) is 0 Å². The number of nitrogen functional groups attached to an aromatic ring is 1. The van der Waals surface area contributed by atoms with Crippen LogP contribution >= 0.6 is 0 Å². The van der Waals surface area contributed by atoms with Crippen molar-refractivity contribution in [3.63, 3.8) is 0 Å². The summed E-state index contributed by atoms with van der Waals surface area (Å²) in [5.74, 6) is 0.497. The number of nitrogens with two attached hydrogens (primary N) is 1. The van der Waals surface area contributed by atoms with Crippen molar-refractivity contribution in [3.8, 4) is 5.69 Å². The largest absolute Gasteiger partial charge is 0.382 e. The number of nitro benzene ring substituents is 1. The molecule has 3 rings (SSSR count). The molecule has 0 fully saturated rings. The Morgan fingerprint density at radius 1 is 1.24 bits per heavy atom. The van der Waals surface area contributed by atoms with Gasteiger partial charge in [-0.2, -0.15) is 0 Å². The van der Waals surface area contributed by atoms with Gasteiger partial charge in [0.15, 0.2) is 0 Å². The van der Waals surface area contributed by atoms with E-state index in [1.807, 2.05) is 19.9 Å². The van der Waals surface area contributed by atoms with E-state index in [-0.39, 0.29) is 10.6 Å². The van der Waals surface area contributed by atoms with Crippen LogP contribution in [-0.2, 0) is 12.8 Å². The molecule has 2 aromatic rings. The van der Waals surface area contributed by atoms with Crippen LogP contribution in [0.15, 0.2) is 12.1 Å².